The van der Waals surface area contributed by atoms with E-state index in [1.807, 2.05) is 0 Å². The van der Waals surface area contributed by atoms with E-state index in [4.69, 9.17) is 10.2 Å². The van der Waals surface area contributed by atoms with Crippen LogP contribution in [0.4, 0.5) is 0 Å². The van der Waals surface area contributed by atoms with Gasteiger partial charge in [-0.2, -0.15) is 0 Å². The van der Waals surface area contributed by atoms with Gasteiger partial charge in [0.15, 0.2) is 0 Å². The molecule has 4 heteroatoms. The highest BCUT2D eigenvalue weighted by Gasteiger charge is 2.07. The van der Waals surface area contributed by atoms with Crippen molar-refractivity contribution in [2.24, 2.45) is 5.92 Å². The maximum atomic E-state index is 10.2. The van der Waals surface area contributed by atoms with Crippen LogP contribution in [0.1, 0.15) is 13.3 Å². The van der Waals surface area contributed by atoms with Gasteiger partial charge in [0.25, 0.3) is 0 Å². The number of rotatable bonds is 4. The Labute approximate surface area is 64.2 Å². The first-order valence-electron chi connectivity index (χ1n) is 3.16. The van der Waals surface area contributed by atoms with E-state index < -0.39 is 17.9 Å². The second kappa shape index (κ2) is 4.49. The first-order valence-corrected chi connectivity index (χ1v) is 3.16. The lowest BCUT2D eigenvalue weighted by Gasteiger charge is -1.98. The molecule has 0 spiro atoms. The van der Waals surface area contributed by atoms with Crippen molar-refractivity contribution in [2.45, 2.75) is 13.3 Å². The summed E-state index contributed by atoms with van der Waals surface area (Å²) >= 11 is 0. The van der Waals surface area contributed by atoms with Gasteiger partial charge in [0.05, 0.1) is 5.92 Å². The van der Waals surface area contributed by atoms with E-state index in [1.54, 1.807) is 0 Å². The molecule has 0 aliphatic rings. The third kappa shape index (κ3) is 5.14. The number of hydrogen-bond acceptors (Lipinski definition) is 2. The molecule has 0 rings (SSSR count). The van der Waals surface area contributed by atoms with Crippen molar-refractivity contribution in [3.05, 3.63) is 12.2 Å². The van der Waals surface area contributed by atoms with Crippen molar-refractivity contribution in [3.63, 3.8) is 0 Å². The molecule has 4 nitrogen and oxygen atoms in total. The zero-order valence-corrected chi connectivity index (χ0v) is 6.15. The summed E-state index contributed by atoms with van der Waals surface area (Å²) in [5.41, 5.74) is 0. The first kappa shape index (κ1) is 9.68. The third-order valence-electron chi connectivity index (χ3n) is 1.17. The molecule has 2 N–H and O–H groups in total. The molecule has 0 saturated carbocycles. The topological polar surface area (TPSA) is 74.6 Å². The van der Waals surface area contributed by atoms with Gasteiger partial charge < -0.3 is 10.2 Å². The maximum Gasteiger partial charge on any atom is 0.327 e. The van der Waals surface area contributed by atoms with Crippen molar-refractivity contribution in [2.75, 3.05) is 0 Å². The quantitative estimate of drug-likeness (QED) is 0.591. The number of carboxylic acids is 2. The minimum absolute atomic E-state index is 0.252. The van der Waals surface area contributed by atoms with Crippen LogP contribution in [-0.4, -0.2) is 22.2 Å². The Balaban J connectivity index is 3.70. The molecule has 0 aromatic heterocycles. The lowest BCUT2D eigenvalue weighted by atomic mass is 10.1. The zero-order valence-electron chi connectivity index (χ0n) is 6.15. The van der Waals surface area contributed by atoms with Gasteiger partial charge in [0, 0.05) is 6.08 Å². The smallest absolute Gasteiger partial charge is 0.327 e. The molecular formula is C7H10O4. The van der Waals surface area contributed by atoms with Crippen LogP contribution >= 0.6 is 0 Å². The van der Waals surface area contributed by atoms with Crippen LogP contribution in [0.5, 0.6) is 0 Å². The van der Waals surface area contributed by atoms with E-state index in [9.17, 15) is 9.59 Å². The van der Waals surface area contributed by atoms with Gasteiger partial charge in [0.1, 0.15) is 0 Å². The summed E-state index contributed by atoms with van der Waals surface area (Å²) in [6.07, 6.45) is 2.53. The Hall–Kier alpha value is -1.32. The van der Waals surface area contributed by atoms with Gasteiger partial charge in [-0.05, 0) is 6.42 Å². The molecule has 0 aromatic carbocycles. The second-order valence-corrected chi connectivity index (χ2v) is 2.22. The molecule has 1 atom stereocenters. The Bertz CT molecular complexity index is 183. The van der Waals surface area contributed by atoms with Crippen LogP contribution in [0.2, 0.25) is 0 Å². The highest BCUT2D eigenvalue weighted by Crippen LogP contribution is 2.01. The Morgan fingerprint density at radius 1 is 1.45 bits per heavy atom. The largest absolute Gasteiger partial charge is 0.481 e. The summed E-state index contributed by atoms with van der Waals surface area (Å²) < 4.78 is 0. The van der Waals surface area contributed by atoms with Crippen molar-refractivity contribution < 1.29 is 19.8 Å². The summed E-state index contributed by atoms with van der Waals surface area (Å²) in [6, 6.07) is 0. The Kier molecular flexibility index (Phi) is 3.95. The summed E-state index contributed by atoms with van der Waals surface area (Å²) in [7, 11) is 0. The fraction of sp³-hybridized carbons (Fsp3) is 0.429. The normalized spacial score (nSPS) is 13.2. The summed E-state index contributed by atoms with van der Waals surface area (Å²) in [4.78, 5) is 20.1. The Morgan fingerprint density at radius 2 is 2.00 bits per heavy atom. The molecular weight excluding hydrogens is 148 g/mol. The highest BCUT2D eigenvalue weighted by atomic mass is 16.4. The number of aliphatic carboxylic acids is 2. The van der Waals surface area contributed by atoms with Crippen molar-refractivity contribution in [3.8, 4) is 0 Å². The summed E-state index contributed by atoms with van der Waals surface area (Å²) in [5, 5.41) is 16.5. The minimum Gasteiger partial charge on any atom is -0.481 e. The molecule has 62 valence electrons. The van der Waals surface area contributed by atoms with Gasteiger partial charge >= 0.3 is 11.9 Å². The molecule has 0 bridgehead atoms. The highest BCUT2D eigenvalue weighted by molar-refractivity contribution is 5.79. The molecule has 0 aliphatic carbocycles. The number of carbonyl (C=O) groups is 2. The second-order valence-electron chi connectivity index (χ2n) is 2.22. The van der Waals surface area contributed by atoms with Crippen LogP contribution in [0.15, 0.2) is 12.2 Å². The van der Waals surface area contributed by atoms with E-state index in [1.165, 1.54) is 13.0 Å². The number of allylic oxidation sites excluding steroid dienone is 1. The van der Waals surface area contributed by atoms with Crippen molar-refractivity contribution >= 4 is 11.9 Å². The molecule has 0 aliphatic heterocycles. The zero-order chi connectivity index (χ0) is 8.85. The van der Waals surface area contributed by atoms with Gasteiger partial charge in [-0.15, -0.1) is 0 Å². The molecule has 0 amide bonds. The van der Waals surface area contributed by atoms with Crippen molar-refractivity contribution in [1.82, 2.24) is 0 Å². The molecule has 0 radical (unpaired) electrons. The predicted octanol–water partition coefficient (Wildman–Crippen LogP) is 0.738. The van der Waals surface area contributed by atoms with Crippen LogP contribution in [0.25, 0.3) is 0 Å². The van der Waals surface area contributed by atoms with E-state index in [-0.39, 0.29) is 6.42 Å². The fourth-order valence-corrected chi connectivity index (χ4v) is 0.474. The monoisotopic (exact) mass is 158 g/mol. The van der Waals surface area contributed by atoms with Gasteiger partial charge in [0.2, 0.25) is 0 Å². The van der Waals surface area contributed by atoms with Crippen LogP contribution in [0, 0.1) is 5.92 Å². The van der Waals surface area contributed by atoms with E-state index in [2.05, 4.69) is 0 Å². The molecule has 11 heavy (non-hydrogen) atoms. The molecule has 1 unspecified atom stereocenters. The van der Waals surface area contributed by atoms with Crippen LogP contribution in [-0.2, 0) is 9.59 Å². The molecule has 0 heterocycles. The summed E-state index contributed by atoms with van der Waals surface area (Å²) in [5.74, 6) is -2.49. The molecule has 0 saturated heterocycles. The third-order valence-corrected chi connectivity index (χ3v) is 1.17. The standard InChI is InChI=1S/C7H10O4/c1-5(7(10)11)3-2-4-6(8)9/h2,4-5H,3H2,1H3,(H,8,9)(H,10,11)/b4-2+. The lowest BCUT2D eigenvalue weighted by Crippen LogP contribution is -2.07. The number of hydrogen-bond donors (Lipinski definition) is 2. The van der Waals surface area contributed by atoms with E-state index >= 15 is 0 Å². The SMILES string of the molecule is CC(C/C=C/C(=O)O)C(=O)O. The first-order chi connectivity index (χ1) is 5.04. The maximum absolute atomic E-state index is 10.2. The minimum atomic E-state index is -1.05. The average Bonchev–Trinajstić information content (AvgIpc) is 1.86. The van der Waals surface area contributed by atoms with Crippen molar-refractivity contribution in [1.29, 1.82) is 0 Å². The lowest BCUT2D eigenvalue weighted by molar-refractivity contribution is -0.141. The van der Waals surface area contributed by atoms with Crippen LogP contribution in [0.3, 0.4) is 0 Å². The predicted molar refractivity (Wildman–Crippen MR) is 38.2 cm³/mol. The average molecular weight is 158 g/mol. The van der Waals surface area contributed by atoms with Gasteiger partial charge in [-0.1, -0.05) is 13.0 Å². The van der Waals surface area contributed by atoms with Gasteiger partial charge in [-0.3, -0.25) is 4.79 Å². The van der Waals surface area contributed by atoms with Crippen LogP contribution < -0.4 is 0 Å². The number of carboxylic acid groups (broad SMARTS) is 2. The Morgan fingerprint density at radius 3 is 2.36 bits per heavy atom. The molecule has 0 aromatic rings. The summed E-state index contributed by atoms with van der Waals surface area (Å²) in [6.45, 7) is 1.52. The van der Waals surface area contributed by atoms with Gasteiger partial charge in [-0.25, -0.2) is 4.79 Å². The molecule has 0 fully saturated rings. The van der Waals surface area contributed by atoms with E-state index in [0.29, 0.717) is 0 Å². The van der Waals surface area contributed by atoms with E-state index in [0.717, 1.165) is 6.08 Å². The fourth-order valence-electron chi connectivity index (χ4n) is 0.474.